The van der Waals surface area contributed by atoms with Crippen molar-refractivity contribution >= 4 is 11.8 Å². The highest BCUT2D eigenvalue weighted by molar-refractivity contribution is 7.98. The van der Waals surface area contributed by atoms with Gasteiger partial charge in [-0.1, -0.05) is 42.1 Å². The fraction of sp³-hybridized carbons (Fsp3) is 0.300. The number of alkyl halides is 2. The Morgan fingerprint density at radius 3 is 2.57 bits per heavy atom. The summed E-state index contributed by atoms with van der Waals surface area (Å²) in [5, 5.41) is 9.51. The monoisotopic (exact) mass is 405 g/mol. The van der Waals surface area contributed by atoms with Gasteiger partial charge in [-0.15, -0.1) is 10.2 Å². The normalized spacial score (nSPS) is 11.1. The van der Waals surface area contributed by atoms with Crippen LogP contribution in [0.3, 0.4) is 0 Å². The zero-order chi connectivity index (χ0) is 20.1. The van der Waals surface area contributed by atoms with Crippen LogP contribution in [0, 0.1) is 6.92 Å². The van der Waals surface area contributed by atoms with Crippen LogP contribution in [0.4, 0.5) is 8.78 Å². The van der Waals surface area contributed by atoms with Crippen LogP contribution in [0.5, 0.6) is 11.5 Å². The Bertz CT molecular complexity index is 947. The van der Waals surface area contributed by atoms with Crippen molar-refractivity contribution < 1.29 is 18.3 Å². The Labute approximate surface area is 166 Å². The van der Waals surface area contributed by atoms with E-state index in [1.807, 2.05) is 31.2 Å². The summed E-state index contributed by atoms with van der Waals surface area (Å²) >= 11 is 1.53. The maximum absolute atomic E-state index is 12.5. The summed E-state index contributed by atoms with van der Waals surface area (Å²) in [6, 6.07) is 13.0. The second-order valence-electron chi connectivity index (χ2n) is 6.02. The van der Waals surface area contributed by atoms with Gasteiger partial charge in [-0.05, 0) is 37.1 Å². The van der Waals surface area contributed by atoms with Crippen molar-refractivity contribution in [3.8, 4) is 22.9 Å². The van der Waals surface area contributed by atoms with Crippen LogP contribution < -0.4 is 9.47 Å². The SMILES string of the molecule is CCn1c(SCc2ccc(OC(F)F)c(OC)c2)nnc1-c1ccccc1C. The molecule has 5 nitrogen and oxygen atoms in total. The number of hydrogen-bond donors (Lipinski definition) is 0. The number of nitrogens with zero attached hydrogens (tertiary/aromatic N) is 3. The van der Waals surface area contributed by atoms with Gasteiger partial charge in [-0.25, -0.2) is 0 Å². The van der Waals surface area contributed by atoms with Crippen LogP contribution in [0.1, 0.15) is 18.1 Å². The summed E-state index contributed by atoms with van der Waals surface area (Å²) in [5.74, 6) is 1.72. The van der Waals surface area contributed by atoms with Crippen molar-refractivity contribution in [2.75, 3.05) is 7.11 Å². The molecule has 0 N–H and O–H groups in total. The molecule has 0 spiro atoms. The van der Waals surface area contributed by atoms with Crippen LogP contribution in [-0.4, -0.2) is 28.5 Å². The van der Waals surface area contributed by atoms with Gasteiger partial charge in [0, 0.05) is 17.9 Å². The first-order valence-corrected chi connectivity index (χ1v) is 9.75. The average molecular weight is 405 g/mol. The molecule has 0 aliphatic heterocycles. The lowest BCUT2D eigenvalue weighted by atomic mass is 10.1. The van der Waals surface area contributed by atoms with E-state index >= 15 is 0 Å². The Hall–Kier alpha value is -2.61. The smallest absolute Gasteiger partial charge is 0.387 e. The number of halogens is 2. The molecule has 1 heterocycles. The molecule has 28 heavy (non-hydrogen) atoms. The third-order valence-electron chi connectivity index (χ3n) is 4.23. The minimum atomic E-state index is -2.89. The number of thioether (sulfide) groups is 1. The lowest BCUT2D eigenvalue weighted by molar-refractivity contribution is -0.0512. The Balaban J connectivity index is 1.79. The zero-order valence-electron chi connectivity index (χ0n) is 15.9. The van der Waals surface area contributed by atoms with E-state index in [9.17, 15) is 8.78 Å². The van der Waals surface area contributed by atoms with E-state index in [4.69, 9.17) is 4.74 Å². The van der Waals surface area contributed by atoms with E-state index in [1.54, 1.807) is 12.1 Å². The molecule has 3 aromatic rings. The van der Waals surface area contributed by atoms with Gasteiger partial charge in [0.2, 0.25) is 0 Å². The number of methoxy groups -OCH3 is 1. The fourth-order valence-corrected chi connectivity index (χ4v) is 3.79. The molecule has 148 valence electrons. The van der Waals surface area contributed by atoms with Gasteiger partial charge in [0.15, 0.2) is 22.5 Å². The van der Waals surface area contributed by atoms with Crippen molar-refractivity contribution in [3.05, 3.63) is 53.6 Å². The van der Waals surface area contributed by atoms with Gasteiger partial charge in [0.05, 0.1) is 7.11 Å². The molecule has 0 saturated carbocycles. The molecule has 0 unspecified atom stereocenters. The summed E-state index contributed by atoms with van der Waals surface area (Å²) in [4.78, 5) is 0. The maximum Gasteiger partial charge on any atom is 0.387 e. The first-order chi connectivity index (χ1) is 13.5. The summed E-state index contributed by atoms with van der Waals surface area (Å²) in [6.07, 6.45) is 0. The number of aryl methyl sites for hydroxylation is 1. The minimum absolute atomic E-state index is 0.0183. The molecular formula is C20H21F2N3O2S. The van der Waals surface area contributed by atoms with Gasteiger partial charge in [0.25, 0.3) is 0 Å². The van der Waals surface area contributed by atoms with Crippen LogP contribution in [-0.2, 0) is 12.3 Å². The molecule has 1 aromatic heterocycles. The molecule has 2 aromatic carbocycles. The molecule has 8 heteroatoms. The molecule has 0 bridgehead atoms. The predicted octanol–water partition coefficient (Wildman–Crippen LogP) is 5.18. The van der Waals surface area contributed by atoms with Crippen LogP contribution >= 0.6 is 11.8 Å². The standard InChI is InChI=1S/C20H21F2N3O2S/c1-4-25-18(15-8-6-5-7-13(15)2)23-24-20(25)28-12-14-9-10-16(27-19(21)22)17(11-14)26-3/h5-11,19H,4,12H2,1-3H3. The number of benzene rings is 2. The van der Waals surface area contributed by atoms with Crippen molar-refractivity contribution in [2.45, 2.75) is 37.9 Å². The molecule has 0 radical (unpaired) electrons. The highest BCUT2D eigenvalue weighted by Gasteiger charge is 2.16. The Morgan fingerprint density at radius 2 is 1.89 bits per heavy atom. The Kier molecular flexibility index (Phi) is 6.51. The second kappa shape index (κ2) is 9.05. The highest BCUT2D eigenvalue weighted by atomic mass is 32.2. The van der Waals surface area contributed by atoms with E-state index in [2.05, 4.69) is 26.4 Å². The summed E-state index contributed by atoms with van der Waals surface area (Å²) < 4.78 is 36.6. The van der Waals surface area contributed by atoms with Crippen molar-refractivity contribution in [3.63, 3.8) is 0 Å². The van der Waals surface area contributed by atoms with E-state index in [0.29, 0.717) is 5.75 Å². The topological polar surface area (TPSA) is 49.2 Å². The first kappa shape index (κ1) is 20.1. The third-order valence-corrected chi connectivity index (χ3v) is 5.27. The fourth-order valence-electron chi connectivity index (χ4n) is 2.85. The molecule has 0 atom stereocenters. The highest BCUT2D eigenvalue weighted by Crippen LogP contribution is 2.33. The number of aromatic nitrogens is 3. The summed E-state index contributed by atoms with van der Waals surface area (Å²) in [6.45, 7) is 1.95. The lowest BCUT2D eigenvalue weighted by Crippen LogP contribution is -2.04. The van der Waals surface area contributed by atoms with Crippen molar-refractivity contribution in [1.82, 2.24) is 14.8 Å². The lowest BCUT2D eigenvalue weighted by Gasteiger charge is -2.12. The quantitative estimate of drug-likeness (QED) is 0.484. The van der Waals surface area contributed by atoms with Gasteiger partial charge >= 0.3 is 6.61 Å². The van der Waals surface area contributed by atoms with Crippen molar-refractivity contribution in [1.29, 1.82) is 0 Å². The Morgan fingerprint density at radius 1 is 1.11 bits per heavy atom. The van der Waals surface area contributed by atoms with Crippen LogP contribution in [0.2, 0.25) is 0 Å². The molecule has 0 fully saturated rings. The third kappa shape index (κ3) is 4.44. The maximum atomic E-state index is 12.5. The molecular weight excluding hydrogens is 384 g/mol. The summed E-state index contributed by atoms with van der Waals surface area (Å²) in [7, 11) is 1.42. The average Bonchev–Trinajstić information content (AvgIpc) is 3.09. The van der Waals surface area contributed by atoms with E-state index < -0.39 is 6.61 Å². The largest absolute Gasteiger partial charge is 0.493 e. The van der Waals surface area contributed by atoms with Crippen LogP contribution in [0.25, 0.3) is 11.4 Å². The van der Waals surface area contributed by atoms with Crippen molar-refractivity contribution in [2.24, 2.45) is 0 Å². The van der Waals surface area contributed by atoms with E-state index in [-0.39, 0.29) is 11.5 Å². The van der Waals surface area contributed by atoms with E-state index in [1.165, 1.54) is 24.9 Å². The first-order valence-electron chi connectivity index (χ1n) is 8.77. The number of hydrogen-bond acceptors (Lipinski definition) is 5. The van der Waals surface area contributed by atoms with Crippen LogP contribution in [0.15, 0.2) is 47.6 Å². The predicted molar refractivity (Wildman–Crippen MR) is 105 cm³/mol. The molecule has 0 saturated heterocycles. The van der Waals surface area contributed by atoms with E-state index in [0.717, 1.165) is 34.2 Å². The molecule has 0 aliphatic rings. The molecule has 0 amide bonds. The zero-order valence-corrected chi connectivity index (χ0v) is 16.7. The van der Waals surface area contributed by atoms with Gasteiger partial charge in [-0.2, -0.15) is 8.78 Å². The van der Waals surface area contributed by atoms with Gasteiger partial charge < -0.3 is 14.0 Å². The number of rotatable bonds is 8. The molecule has 3 rings (SSSR count). The van der Waals surface area contributed by atoms with Gasteiger partial charge in [0.1, 0.15) is 0 Å². The minimum Gasteiger partial charge on any atom is -0.493 e. The summed E-state index contributed by atoms with van der Waals surface area (Å²) in [5.41, 5.74) is 3.10. The second-order valence-corrected chi connectivity index (χ2v) is 6.96. The molecule has 0 aliphatic carbocycles. The van der Waals surface area contributed by atoms with Gasteiger partial charge in [-0.3, -0.25) is 0 Å². The number of ether oxygens (including phenoxy) is 2.